The highest BCUT2D eigenvalue weighted by Crippen LogP contribution is 2.44. The molecule has 3 aliphatic rings. The van der Waals surface area contributed by atoms with E-state index < -0.39 is 5.97 Å². The third-order valence-electron chi connectivity index (χ3n) is 10.3. The summed E-state index contributed by atoms with van der Waals surface area (Å²) in [6.45, 7) is 3.62. The Bertz CT molecular complexity index is 2220. The molecular weight excluding hydrogens is 684 g/mol. The molecule has 2 fully saturated rings. The van der Waals surface area contributed by atoms with E-state index in [2.05, 4.69) is 33.1 Å². The Morgan fingerprint density at radius 1 is 1.04 bits per heavy atom. The zero-order chi connectivity index (χ0) is 35.9. The second kappa shape index (κ2) is 14.2. The van der Waals surface area contributed by atoms with Gasteiger partial charge in [0.15, 0.2) is 5.58 Å². The number of nitriles is 1. The monoisotopic (exact) mass is 720 g/mol. The molecule has 3 aromatic carbocycles. The molecule has 2 saturated heterocycles. The van der Waals surface area contributed by atoms with Gasteiger partial charge in [0.2, 0.25) is 17.7 Å². The van der Waals surface area contributed by atoms with Crippen molar-refractivity contribution < 1.29 is 28.9 Å². The maximum atomic E-state index is 11.4. The van der Waals surface area contributed by atoms with Gasteiger partial charge in [-0.15, -0.1) is 0 Å². The minimum atomic E-state index is -0.775. The smallest absolute Gasteiger partial charge is 0.307 e. The first-order valence-electron chi connectivity index (χ1n) is 17.4. The molecule has 0 radical (unpaired) electrons. The van der Waals surface area contributed by atoms with Crippen LogP contribution in [-0.4, -0.2) is 80.3 Å². The number of aliphatic hydroxyl groups excluding tert-OH is 1. The molecule has 4 heterocycles. The highest BCUT2D eigenvalue weighted by Gasteiger charge is 2.31. The Balaban J connectivity index is 1.03. The predicted octanol–water partition coefficient (Wildman–Crippen LogP) is 6.02. The SMILES string of the molecule is COc1nc(O[C@@H]2CCc3c(-c4cccc(-c5nc6cc(CN7CC[C@@H](O)C7)cc(C#N)c6o5)c4Cl)cccc32)cnc1CN1CC[C@@H](C(=O)O)C1. The van der Waals surface area contributed by atoms with E-state index in [1.807, 2.05) is 41.3 Å². The highest BCUT2D eigenvalue weighted by atomic mass is 35.5. The van der Waals surface area contributed by atoms with Crippen LogP contribution in [0.25, 0.3) is 33.7 Å². The van der Waals surface area contributed by atoms with Crippen molar-refractivity contribution in [1.29, 1.82) is 5.26 Å². The van der Waals surface area contributed by atoms with Gasteiger partial charge >= 0.3 is 5.97 Å². The summed E-state index contributed by atoms with van der Waals surface area (Å²) in [6, 6.07) is 17.9. The molecule has 13 heteroatoms. The van der Waals surface area contributed by atoms with Crippen LogP contribution in [-0.2, 0) is 24.3 Å². The first kappa shape index (κ1) is 34.0. The Kier molecular flexibility index (Phi) is 9.27. The van der Waals surface area contributed by atoms with E-state index in [0.29, 0.717) is 89.7 Å². The van der Waals surface area contributed by atoms with Crippen LogP contribution in [0.5, 0.6) is 11.8 Å². The summed E-state index contributed by atoms with van der Waals surface area (Å²) < 4.78 is 18.2. The molecule has 266 valence electrons. The van der Waals surface area contributed by atoms with Crippen LogP contribution in [0.2, 0.25) is 5.02 Å². The number of likely N-dealkylation sites (tertiary alicyclic amines) is 2. The van der Waals surface area contributed by atoms with Crippen LogP contribution in [0, 0.1) is 17.2 Å². The van der Waals surface area contributed by atoms with E-state index in [4.69, 9.17) is 30.5 Å². The van der Waals surface area contributed by atoms with Gasteiger partial charge in [-0.2, -0.15) is 10.2 Å². The van der Waals surface area contributed by atoms with Gasteiger partial charge in [0.05, 0.1) is 41.5 Å². The number of carbonyl (C=O) groups is 1. The zero-order valence-corrected chi connectivity index (χ0v) is 29.3. The largest absolute Gasteiger partial charge is 0.481 e. The van der Waals surface area contributed by atoms with Crippen LogP contribution in [0.3, 0.4) is 0 Å². The topological polar surface area (TPSA) is 158 Å². The second-order valence-electron chi connectivity index (χ2n) is 13.7. The average Bonchev–Trinajstić information content (AvgIpc) is 3.96. The maximum Gasteiger partial charge on any atom is 0.307 e. The van der Waals surface area contributed by atoms with Gasteiger partial charge in [0, 0.05) is 38.3 Å². The summed E-state index contributed by atoms with van der Waals surface area (Å²) in [4.78, 5) is 29.6. The number of aliphatic hydroxyl groups is 1. The molecule has 5 aromatic rings. The first-order valence-corrected chi connectivity index (χ1v) is 17.8. The molecule has 0 spiro atoms. The fourth-order valence-corrected chi connectivity index (χ4v) is 8.05. The van der Waals surface area contributed by atoms with Crippen molar-refractivity contribution in [1.82, 2.24) is 24.8 Å². The summed E-state index contributed by atoms with van der Waals surface area (Å²) in [5, 5.41) is 29.8. The third kappa shape index (κ3) is 6.57. The van der Waals surface area contributed by atoms with Crippen LogP contribution >= 0.6 is 11.6 Å². The Hall–Kier alpha value is -5.06. The number of carboxylic acid groups (broad SMARTS) is 1. The molecule has 52 heavy (non-hydrogen) atoms. The number of benzene rings is 3. The number of carboxylic acids is 1. The number of rotatable bonds is 10. The molecule has 0 saturated carbocycles. The summed E-state index contributed by atoms with van der Waals surface area (Å²) in [7, 11) is 1.54. The van der Waals surface area contributed by atoms with Gasteiger partial charge in [-0.25, -0.2) is 9.97 Å². The summed E-state index contributed by atoms with van der Waals surface area (Å²) in [6.07, 6.45) is 3.88. The molecule has 1 aliphatic carbocycles. The summed E-state index contributed by atoms with van der Waals surface area (Å²) in [5.74, 6) is -0.106. The van der Waals surface area contributed by atoms with E-state index in [1.54, 1.807) is 13.3 Å². The van der Waals surface area contributed by atoms with Gasteiger partial charge in [0.1, 0.15) is 23.4 Å². The molecule has 2 aliphatic heterocycles. The number of β-amino-alcohol motifs (C(OH)–C–C–N with tert-alkyl or cyclic N) is 1. The number of hydrogen-bond acceptors (Lipinski definition) is 11. The number of oxazole rings is 1. The third-order valence-corrected chi connectivity index (χ3v) is 10.7. The normalized spacial score (nSPS) is 20.3. The molecule has 8 rings (SSSR count). The molecule has 12 nitrogen and oxygen atoms in total. The van der Waals surface area contributed by atoms with Gasteiger partial charge in [0.25, 0.3) is 0 Å². The minimum absolute atomic E-state index is 0.254. The lowest BCUT2D eigenvalue weighted by Gasteiger charge is -2.18. The van der Waals surface area contributed by atoms with E-state index in [9.17, 15) is 20.3 Å². The molecule has 3 atom stereocenters. The van der Waals surface area contributed by atoms with Crippen molar-refractivity contribution >= 4 is 28.7 Å². The number of nitrogens with zero attached hydrogens (tertiary/aromatic N) is 6. The Morgan fingerprint density at radius 2 is 1.83 bits per heavy atom. The number of aliphatic carboxylic acids is 1. The summed E-state index contributed by atoms with van der Waals surface area (Å²) in [5.41, 5.74) is 7.61. The van der Waals surface area contributed by atoms with Crippen molar-refractivity contribution in [3.8, 4) is 40.4 Å². The van der Waals surface area contributed by atoms with E-state index in [0.717, 1.165) is 53.6 Å². The van der Waals surface area contributed by atoms with Crippen molar-refractivity contribution in [3.05, 3.63) is 87.7 Å². The lowest BCUT2D eigenvalue weighted by molar-refractivity contribution is -0.141. The molecule has 0 amide bonds. The van der Waals surface area contributed by atoms with Gasteiger partial charge in [-0.3, -0.25) is 14.6 Å². The quantitative estimate of drug-likeness (QED) is 0.173. The summed E-state index contributed by atoms with van der Waals surface area (Å²) >= 11 is 7.15. The highest BCUT2D eigenvalue weighted by molar-refractivity contribution is 6.36. The minimum Gasteiger partial charge on any atom is -0.481 e. The fraction of sp³-hybridized carbons (Fsp3) is 0.359. The molecule has 0 bridgehead atoms. The molecular formula is C39H37ClN6O6. The molecule has 2 N–H and O–H groups in total. The number of methoxy groups -OCH3 is 1. The molecule has 2 aromatic heterocycles. The van der Waals surface area contributed by atoms with Crippen molar-refractivity contribution in [3.63, 3.8) is 0 Å². The number of ether oxygens (including phenoxy) is 2. The van der Waals surface area contributed by atoms with Crippen LogP contribution in [0.4, 0.5) is 0 Å². The van der Waals surface area contributed by atoms with Crippen molar-refractivity contribution in [2.24, 2.45) is 5.92 Å². The van der Waals surface area contributed by atoms with Crippen LogP contribution in [0.1, 0.15) is 53.3 Å². The van der Waals surface area contributed by atoms with E-state index in [1.165, 1.54) is 0 Å². The average molecular weight is 721 g/mol. The Labute approximate surface area is 305 Å². The van der Waals surface area contributed by atoms with Gasteiger partial charge < -0.3 is 24.1 Å². The van der Waals surface area contributed by atoms with Gasteiger partial charge in [-0.05, 0) is 72.7 Å². The standard InChI is InChI=1S/C39H37ClN6O6/c1-50-38-32(21-46-12-10-23(19-46)39(48)49)42-17-34(44-38)51-33-9-8-27-26(4-2-5-28(27)33)29-6-3-7-30(35(29)40)37-43-31-15-22(14-24(16-41)36(31)52-37)18-45-13-11-25(47)20-45/h2-7,14-15,17,23,25,33,47H,8-13,18-21H2,1H3,(H,48,49)/t23-,25-,33-/m1/s1. The number of halogens is 1. The first-order chi connectivity index (χ1) is 25.3. The predicted molar refractivity (Wildman–Crippen MR) is 192 cm³/mol. The van der Waals surface area contributed by atoms with E-state index in [-0.39, 0.29) is 18.1 Å². The number of hydrogen-bond donors (Lipinski definition) is 2. The van der Waals surface area contributed by atoms with Crippen molar-refractivity contribution in [2.75, 3.05) is 33.3 Å². The number of aromatic nitrogens is 3. The second-order valence-corrected chi connectivity index (χ2v) is 14.1. The molecule has 0 unspecified atom stereocenters. The Morgan fingerprint density at radius 3 is 2.60 bits per heavy atom. The van der Waals surface area contributed by atoms with Crippen molar-refractivity contribution in [2.45, 2.75) is 51.0 Å². The van der Waals surface area contributed by atoms with Crippen LogP contribution < -0.4 is 9.47 Å². The van der Waals surface area contributed by atoms with Crippen LogP contribution in [0.15, 0.2) is 59.1 Å². The van der Waals surface area contributed by atoms with E-state index >= 15 is 0 Å². The van der Waals surface area contributed by atoms with Gasteiger partial charge in [-0.1, -0.05) is 41.9 Å². The maximum absolute atomic E-state index is 11.4. The zero-order valence-electron chi connectivity index (χ0n) is 28.6. The number of fused-ring (bicyclic) bond motifs is 2. The lowest BCUT2D eigenvalue weighted by atomic mass is 9.95. The fourth-order valence-electron chi connectivity index (χ4n) is 7.74. The lowest BCUT2D eigenvalue weighted by Crippen LogP contribution is -2.23.